The molecule has 144 valence electrons. The van der Waals surface area contributed by atoms with Gasteiger partial charge < -0.3 is 5.32 Å². The van der Waals surface area contributed by atoms with Crippen LogP contribution in [-0.2, 0) is 11.3 Å². The van der Waals surface area contributed by atoms with Crippen LogP contribution in [0.4, 0.5) is 0 Å². The fraction of sp³-hybridized carbons (Fsp3) is 0.381. The Bertz CT molecular complexity index is 748. The van der Waals surface area contributed by atoms with Crippen LogP contribution in [0.2, 0.25) is 5.02 Å². The van der Waals surface area contributed by atoms with Gasteiger partial charge in [0, 0.05) is 39.2 Å². The van der Waals surface area contributed by atoms with Gasteiger partial charge in [-0.05, 0) is 67.9 Å². The molecule has 3 nitrogen and oxygen atoms in total. The molecule has 2 aromatic carbocycles. The third-order valence-corrected chi connectivity index (χ3v) is 6.50. The molecule has 1 N–H and O–H groups in total. The van der Waals surface area contributed by atoms with Crippen LogP contribution in [0.3, 0.4) is 0 Å². The van der Waals surface area contributed by atoms with Crippen molar-refractivity contribution in [3.63, 3.8) is 0 Å². The fourth-order valence-electron chi connectivity index (χ4n) is 3.27. The number of carbonyl (C=O) groups is 1. The van der Waals surface area contributed by atoms with Crippen LogP contribution in [-0.4, -0.2) is 36.2 Å². The molecule has 0 radical (unpaired) electrons. The lowest BCUT2D eigenvalue weighted by Gasteiger charge is -2.31. The van der Waals surface area contributed by atoms with E-state index in [1.54, 1.807) is 11.8 Å². The second kappa shape index (κ2) is 10.5. The number of carbonyl (C=O) groups excluding carboxylic acids is 1. The number of thioether (sulfide) groups is 1. The van der Waals surface area contributed by atoms with E-state index in [9.17, 15) is 4.79 Å². The molecule has 1 heterocycles. The van der Waals surface area contributed by atoms with Gasteiger partial charge in [-0.15, -0.1) is 11.8 Å². The summed E-state index contributed by atoms with van der Waals surface area (Å²) in [6, 6.07) is 16.2. The van der Waals surface area contributed by atoms with Gasteiger partial charge in [0.1, 0.15) is 0 Å². The summed E-state index contributed by atoms with van der Waals surface area (Å²) in [7, 11) is 0. The van der Waals surface area contributed by atoms with Crippen molar-refractivity contribution >= 4 is 45.2 Å². The predicted octanol–water partition coefficient (Wildman–Crippen LogP) is 5.22. The van der Waals surface area contributed by atoms with Crippen molar-refractivity contribution in [3.8, 4) is 0 Å². The Morgan fingerprint density at radius 2 is 1.93 bits per heavy atom. The Morgan fingerprint density at radius 1 is 1.19 bits per heavy atom. The molecule has 0 spiro atoms. The maximum Gasteiger partial charge on any atom is 0.223 e. The number of nitrogens with one attached hydrogen (secondary N) is 1. The monoisotopic (exact) mass is 466 g/mol. The largest absolute Gasteiger partial charge is 0.355 e. The molecule has 27 heavy (non-hydrogen) atoms. The van der Waals surface area contributed by atoms with E-state index in [0.717, 1.165) is 47.7 Å². The highest BCUT2D eigenvalue weighted by Crippen LogP contribution is 2.22. The summed E-state index contributed by atoms with van der Waals surface area (Å²) in [6.45, 7) is 3.60. The van der Waals surface area contributed by atoms with Crippen LogP contribution in [0.15, 0.2) is 57.9 Å². The molecule has 0 aromatic heterocycles. The van der Waals surface area contributed by atoms with E-state index in [1.807, 2.05) is 30.3 Å². The van der Waals surface area contributed by atoms with Crippen LogP contribution >= 0.6 is 39.3 Å². The summed E-state index contributed by atoms with van der Waals surface area (Å²) in [5, 5.41) is 3.84. The van der Waals surface area contributed by atoms with E-state index >= 15 is 0 Å². The average molecular weight is 468 g/mol. The summed E-state index contributed by atoms with van der Waals surface area (Å²) in [4.78, 5) is 16.0. The van der Waals surface area contributed by atoms with Gasteiger partial charge in [-0.25, -0.2) is 0 Å². The van der Waals surface area contributed by atoms with Crippen molar-refractivity contribution in [2.24, 2.45) is 5.92 Å². The lowest BCUT2D eigenvalue weighted by atomic mass is 9.95. The van der Waals surface area contributed by atoms with Gasteiger partial charge in [-0.3, -0.25) is 9.69 Å². The number of halogens is 2. The first-order chi connectivity index (χ1) is 13.1. The first kappa shape index (κ1) is 20.7. The average Bonchev–Trinajstić information content (AvgIpc) is 2.67. The Hall–Kier alpha value is -1.01. The number of likely N-dealkylation sites (tertiary alicyclic amines) is 1. The van der Waals surface area contributed by atoms with E-state index in [1.165, 1.54) is 10.5 Å². The quantitative estimate of drug-likeness (QED) is 0.447. The van der Waals surface area contributed by atoms with Crippen LogP contribution in [0.5, 0.6) is 0 Å². The zero-order valence-electron chi connectivity index (χ0n) is 15.2. The van der Waals surface area contributed by atoms with Crippen molar-refractivity contribution in [2.45, 2.75) is 24.3 Å². The highest BCUT2D eigenvalue weighted by atomic mass is 79.9. The lowest BCUT2D eigenvalue weighted by molar-refractivity contribution is -0.126. The minimum absolute atomic E-state index is 0.143. The molecule has 0 atom stereocenters. The number of hydrogen-bond acceptors (Lipinski definition) is 3. The topological polar surface area (TPSA) is 32.3 Å². The molecular formula is C21H24BrClN2OS. The van der Waals surface area contributed by atoms with Gasteiger partial charge in [-0.1, -0.05) is 39.7 Å². The van der Waals surface area contributed by atoms with Gasteiger partial charge in [0.05, 0.1) is 0 Å². The zero-order valence-corrected chi connectivity index (χ0v) is 18.3. The summed E-state index contributed by atoms with van der Waals surface area (Å²) >= 11 is 11.2. The van der Waals surface area contributed by atoms with Crippen LogP contribution in [0, 0.1) is 5.92 Å². The number of nitrogens with zero attached hydrogens (tertiary/aromatic N) is 1. The first-order valence-corrected chi connectivity index (χ1v) is 11.4. The predicted molar refractivity (Wildman–Crippen MR) is 117 cm³/mol. The minimum Gasteiger partial charge on any atom is -0.355 e. The highest BCUT2D eigenvalue weighted by molar-refractivity contribution is 9.10. The van der Waals surface area contributed by atoms with Crippen LogP contribution < -0.4 is 5.32 Å². The Kier molecular flexibility index (Phi) is 8.07. The normalized spacial score (nSPS) is 15.6. The van der Waals surface area contributed by atoms with E-state index in [-0.39, 0.29) is 11.8 Å². The van der Waals surface area contributed by atoms with Gasteiger partial charge in [0.15, 0.2) is 0 Å². The van der Waals surface area contributed by atoms with Crippen molar-refractivity contribution in [1.82, 2.24) is 10.2 Å². The highest BCUT2D eigenvalue weighted by Gasteiger charge is 2.24. The standard InChI is InChI=1S/C21H24BrClN2OS/c22-18-3-1-2-16(14-18)15-25-11-8-17(9-12-25)21(26)24-10-13-27-20-6-4-19(23)5-7-20/h1-7,14,17H,8-13,15H2,(H,24,26). The smallest absolute Gasteiger partial charge is 0.223 e. The van der Waals surface area contributed by atoms with E-state index < -0.39 is 0 Å². The molecule has 2 aromatic rings. The Morgan fingerprint density at radius 3 is 2.63 bits per heavy atom. The van der Waals surface area contributed by atoms with Crippen LogP contribution in [0.1, 0.15) is 18.4 Å². The van der Waals surface area contributed by atoms with Gasteiger partial charge in [0.2, 0.25) is 5.91 Å². The van der Waals surface area contributed by atoms with Crippen molar-refractivity contribution in [1.29, 1.82) is 0 Å². The third kappa shape index (κ3) is 6.83. The molecule has 3 rings (SSSR count). The third-order valence-electron chi connectivity index (χ3n) is 4.74. The molecule has 1 saturated heterocycles. The van der Waals surface area contributed by atoms with Gasteiger partial charge in [-0.2, -0.15) is 0 Å². The maximum atomic E-state index is 12.4. The lowest BCUT2D eigenvalue weighted by Crippen LogP contribution is -2.40. The fourth-order valence-corrected chi connectivity index (χ4v) is 4.61. The summed E-state index contributed by atoms with van der Waals surface area (Å²) in [6.07, 6.45) is 1.87. The second-order valence-electron chi connectivity index (χ2n) is 6.77. The van der Waals surface area contributed by atoms with E-state index in [4.69, 9.17) is 11.6 Å². The number of piperidine rings is 1. The second-order valence-corrected chi connectivity index (χ2v) is 9.29. The molecule has 0 saturated carbocycles. The van der Waals surface area contributed by atoms with Gasteiger partial charge in [0.25, 0.3) is 0 Å². The molecule has 1 aliphatic rings. The van der Waals surface area contributed by atoms with E-state index in [0.29, 0.717) is 6.54 Å². The molecule has 6 heteroatoms. The van der Waals surface area contributed by atoms with E-state index in [2.05, 4.69) is 44.3 Å². The minimum atomic E-state index is 0.143. The Balaban J connectivity index is 1.34. The summed E-state index contributed by atoms with van der Waals surface area (Å²) in [5.41, 5.74) is 1.31. The SMILES string of the molecule is O=C(NCCSc1ccc(Cl)cc1)C1CCN(Cc2cccc(Br)c2)CC1. The van der Waals surface area contributed by atoms with Crippen molar-refractivity contribution in [2.75, 3.05) is 25.4 Å². The summed E-state index contributed by atoms with van der Waals surface area (Å²) in [5.74, 6) is 1.22. The molecule has 1 aliphatic heterocycles. The molecule has 0 bridgehead atoms. The molecule has 1 fully saturated rings. The molecule has 0 aliphatic carbocycles. The van der Waals surface area contributed by atoms with Crippen molar-refractivity contribution < 1.29 is 4.79 Å². The molecule has 0 unspecified atom stereocenters. The molecular weight excluding hydrogens is 444 g/mol. The Labute approximate surface area is 179 Å². The number of hydrogen-bond donors (Lipinski definition) is 1. The van der Waals surface area contributed by atoms with Crippen LogP contribution in [0.25, 0.3) is 0 Å². The zero-order chi connectivity index (χ0) is 19.1. The number of benzene rings is 2. The summed E-state index contributed by atoms with van der Waals surface area (Å²) < 4.78 is 1.12. The van der Waals surface area contributed by atoms with Crippen molar-refractivity contribution in [3.05, 3.63) is 63.6 Å². The van der Waals surface area contributed by atoms with Gasteiger partial charge >= 0.3 is 0 Å². The molecule has 1 amide bonds. The first-order valence-electron chi connectivity index (χ1n) is 9.23. The number of amides is 1. The number of rotatable bonds is 7. The maximum absolute atomic E-state index is 12.4.